The van der Waals surface area contributed by atoms with E-state index in [1.165, 1.54) is 0 Å². The molecule has 0 aromatic heterocycles. The highest BCUT2D eigenvalue weighted by Gasteiger charge is 1.96. The summed E-state index contributed by atoms with van der Waals surface area (Å²) in [5.41, 5.74) is 0. The number of halogens is 1. The summed E-state index contributed by atoms with van der Waals surface area (Å²) in [6.45, 7) is 1.13. The minimum Gasteiger partial charge on any atom is -0.394 e. The zero-order valence-corrected chi connectivity index (χ0v) is 8.74. The minimum atomic E-state index is -0.169. The van der Waals surface area contributed by atoms with Gasteiger partial charge >= 0.3 is 0 Å². The van der Waals surface area contributed by atoms with Gasteiger partial charge in [0.05, 0.1) is 49.3 Å². The van der Waals surface area contributed by atoms with Crippen molar-refractivity contribution in [3.63, 3.8) is 0 Å². The van der Waals surface area contributed by atoms with Gasteiger partial charge in [0, 0.05) is 0 Å². The molecule has 6 heteroatoms. The number of hydrogen-bond acceptors (Lipinski definition) is 4. The lowest BCUT2D eigenvalue weighted by Crippen LogP contribution is -2.20. The monoisotopic (exact) mass is 289 g/mol. The van der Waals surface area contributed by atoms with E-state index in [0.29, 0.717) is 19.8 Å². The first kappa shape index (κ1) is 12.1. The van der Waals surface area contributed by atoms with E-state index in [1.807, 2.05) is 0 Å². The molecule has 0 fully saturated rings. The largest absolute Gasteiger partial charge is 0.394 e. The molecule has 1 amide bonds. The molecule has 0 aromatic carbocycles. The summed E-state index contributed by atoms with van der Waals surface area (Å²) in [6, 6.07) is 0. The molecule has 2 N–H and O–H groups in total. The van der Waals surface area contributed by atoms with Crippen molar-refractivity contribution in [2.75, 3.05) is 33.0 Å². The fourth-order valence-corrected chi connectivity index (χ4v) is 0.632. The van der Waals surface area contributed by atoms with Crippen LogP contribution in [0, 0.1) is 0 Å². The van der Waals surface area contributed by atoms with E-state index in [0.717, 1.165) is 0 Å². The van der Waals surface area contributed by atoms with Crippen molar-refractivity contribution in [3.8, 4) is 0 Å². The van der Waals surface area contributed by atoms with E-state index in [9.17, 15) is 4.79 Å². The van der Waals surface area contributed by atoms with Gasteiger partial charge in [-0.15, -0.1) is 0 Å². The van der Waals surface area contributed by atoms with Crippen LogP contribution in [0.25, 0.3) is 0 Å². The van der Waals surface area contributed by atoms with Gasteiger partial charge in [0.2, 0.25) is 0 Å². The fraction of sp³-hybridized carbons (Fsp3) is 0.833. The molecule has 0 heterocycles. The summed E-state index contributed by atoms with van der Waals surface area (Å²) >= 11 is 1.74. The van der Waals surface area contributed by atoms with Crippen molar-refractivity contribution >= 4 is 28.8 Å². The Morgan fingerprint density at radius 3 is 2.58 bits per heavy atom. The molecule has 0 atom stereocenters. The first-order valence-electron chi connectivity index (χ1n) is 3.47. The second-order valence-electron chi connectivity index (χ2n) is 1.91. The number of ether oxygens (including phenoxy) is 2. The predicted octanol–water partition coefficient (Wildman–Crippen LogP) is -0.522. The van der Waals surface area contributed by atoms with Crippen LogP contribution in [0.3, 0.4) is 0 Å². The van der Waals surface area contributed by atoms with Gasteiger partial charge in [0.1, 0.15) is 6.61 Å². The van der Waals surface area contributed by atoms with E-state index < -0.39 is 0 Å². The number of hydrogen-bond donors (Lipinski definition) is 2. The Kier molecular flexibility index (Phi) is 9.23. The van der Waals surface area contributed by atoms with Gasteiger partial charge in [-0.25, -0.2) is 0 Å². The van der Waals surface area contributed by atoms with E-state index in [2.05, 4.69) is 3.53 Å². The predicted molar refractivity (Wildman–Crippen MR) is 50.9 cm³/mol. The zero-order valence-electron chi connectivity index (χ0n) is 6.59. The van der Waals surface area contributed by atoms with Crippen LogP contribution in [-0.4, -0.2) is 44.0 Å². The Bertz CT molecular complexity index is 122. The first-order chi connectivity index (χ1) is 5.81. The zero-order chi connectivity index (χ0) is 9.23. The average Bonchev–Trinajstić information content (AvgIpc) is 2.10. The summed E-state index contributed by atoms with van der Waals surface area (Å²) in [4.78, 5) is 10.6. The number of aliphatic hydroxyl groups excluding tert-OH is 1. The third-order valence-electron chi connectivity index (χ3n) is 0.946. The van der Waals surface area contributed by atoms with Gasteiger partial charge in [-0.2, -0.15) is 0 Å². The molecule has 0 unspecified atom stereocenters. The van der Waals surface area contributed by atoms with Gasteiger partial charge in [0.15, 0.2) is 0 Å². The van der Waals surface area contributed by atoms with Gasteiger partial charge in [-0.05, 0) is 0 Å². The van der Waals surface area contributed by atoms with Gasteiger partial charge in [-0.1, -0.05) is 0 Å². The molecule has 0 aromatic rings. The van der Waals surface area contributed by atoms with Crippen LogP contribution in [-0.2, 0) is 14.3 Å². The molecule has 0 spiro atoms. The highest BCUT2D eigenvalue weighted by molar-refractivity contribution is 14.1. The average molecular weight is 289 g/mol. The highest BCUT2D eigenvalue weighted by Crippen LogP contribution is 1.80. The number of amides is 1. The van der Waals surface area contributed by atoms with Crippen molar-refractivity contribution in [2.24, 2.45) is 0 Å². The Morgan fingerprint density at radius 2 is 2.00 bits per heavy atom. The fourth-order valence-electron chi connectivity index (χ4n) is 0.477. The molecule has 0 rings (SSSR count). The van der Waals surface area contributed by atoms with Crippen LogP contribution in [0.1, 0.15) is 0 Å². The van der Waals surface area contributed by atoms with Crippen LogP contribution in [0.4, 0.5) is 0 Å². The lowest BCUT2D eigenvalue weighted by atomic mass is 10.6. The third-order valence-corrected chi connectivity index (χ3v) is 1.55. The molecule has 0 aliphatic rings. The number of carbonyl (C=O) groups excluding carboxylic acids is 1. The van der Waals surface area contributed by atoms with Crippen LogP contribution < -0.4 is 3.53 Å². The van der Waals surface area contributed by atoms with Crippen molar-refractivity contribution in [3.05, 3.63) is 0 Å². The van der Waals surface area contributed by atoms with Crippen LogP contribution in [0.15, 0.2) is 0 Å². The van der Waals surface area contributed by atoms with Gasteiger partial charge in [0.25, 0.3) is 5.91 Å². The summed E-state index contributed by atoms with van der Waals surface area (Å²) in [7, 11) is 0. The topological polar surface area (TPSA) is 67.8 Å². The summed E-state index contributed by atoms with van der Waals surface area (Å²) in [6.07, 6.45) is 0. The van der Waals surface area contributed by atoms with Crippen molar-refractivity contribution in [2.45, 2.75) is 0 Å². The molecule has 0 radical (unpaired) electrons. The molecule has 0 aliphatic carbocycles. The summed E-state index contributed by atoms with van der Waals surface area (Å²) in [5, 5.41) is 8.32. The lowest BCUT2D eigenvalue weighted by Gasteiger charge is -2.02. The van der Waals surface area contributed by atoms with E-state index in [1.54, 1.807) is 22.9 Å². The molecule has 12 heavy (non-hydrogen) atoms. The molecule has 72 valence electrons. The standard InChI is InChI=1S/C6H12INO4/c7-8-6(10)5-12-4-3-11-2-1-9/h9H,1-5H2,(H,8,10). The molecule has 0 saturated carbocycles. The molecule has 0 saturated heterocycles. The minimum absolute atomic E-state index is 0.00817. The Labute approximate surface area is 84.9 Å². The molecular formula is C6H12INO4. The maximum Gasteiger partial charge on any atom is 0.254 e. The van der Waals surface area contributed by atoms with E-state index in [4.69, 9.17) is 14.6 Å². The van der Waals surface area contributed by atoms with E-state index >= 15 is 0 Å². The molecule has 0 bridgehead atoms. The maximum atomic E-state index is 10.6. The number of aliphatic hydroxyl groups is 1. The second kappa shape index (κ2) is 9.17. The number of nitrogens with one attached hydrogen (secondary N) is 1. The Hall–Kier alpha value is 0.0800. The van der Waals surface area contributed by atoms with Crippen molar-refractivity contribution in [1.82, 2.24) is 3.53 Å². The second-order valence-corrected chi connectivity index (χ2v) is 2.45. The quantitative estimate of drug-likeness (QED) is 0.376. The van der Waals surface area contributed by atoms with E-state index in [-0.39, 0.29) is 19.1 Å². The summed E-state index contributed by atoms with van der Waals surface area (Å²) in [5.74, 6) is -0.169. The van der Waals surface area contributed by atoms with Crippen molar-refractivity contribution < 1.29 is 19.4 Å². The van der Waals surface area contributed by atoms with Crippen molar-refractivity contribution in [1.29, 1.82) is 0 Å². The maximum absolute atomic E-state index is 10.6. The van der Waals surface area contributed by atoms with Crippen LogP contribution in [0.2, 0.25) is 0 Å². The first-order valence-corrected chi connectivity index (χ1v) is 4.55. The molecule has 0 aliphatic heterocycles. The summed E-state index contributed by atoms with van der Waals surface area (Å²) < 4.78 is 12.2. The number of carbonyl (C=O) groups is 1. The number of rotatable bonds is 7. The third kappa shape index (κ3) is 8.18. The lowest BCUT2D eigenvalue weighted by molar-refractivity contribution is -0.123. The Morgan fingerprint density at radius 1 is 1.33 bits per heavy atom. The smallest absolute Gasteiger partial charge is 0.254 e. The SMILES string of the molecule is O=C(COCCOCCO)NI. The van der Waals surface area contributed by atoms with Crippen LogP contribution >= 0.6 is 22.9 Å². The molecule has 5 nitrogen and oxygen atoms in total. The normalized spacial score (nSPS) is 9.83. The van der Waals surface area contributed by atoms with Gasteiger partial charge in [-0.3, -0.25) is 8.32 Å². The van der Waals surface area contributed by atoms with Gasteiger partial charge < -0.3 is 14.6 Å². The Balaban J connectivity index is 2.95. The highest BCUT2D eigenvalue weighted by atomic mass is 127. The molecular weight excluding hydrogens is 277 g/mol. The van der Waals surface area contributed by atoms with Crippen LogP contribution in [0.5, 0.6) is 0 Å².